The standard InChI is InChI=1S/C14H17ClN2S/c1-10-9-18-14(17-10)7-8-16-11(2)12-3-5-13(15)6-4-12/h3-6,9,11,16H,7-8H2,1-2H3. The summed E-state index contributed by atoms with van der Waals surface area (Å²) < 4.78 is 0. The van der Waals surface area contributed by atoms with Gasteiger partial charge in [0.25, 0.3) is 0 Å². The van der Waals surface area contributed by atoms with Crippen LogP contribution in [0.15, 0.2) is 29.6 Å². The van der Waals surface area contributed by atoms with E-state index >= 15 is 0 Å². The van der Waals surface area contributed by atoms with E-state index in [1.165, 1.54) is 10.6 Å². The Labute approximate surface area is 117 Å². The van der Waals surface area contributed by atoms with Crippen LogP contribution in [0.3, 0.4) is 0 Å². The smallest absolute Gasteiger partial charge is 0.0940 e. The van der Waals surface area contributed by atoms with Gasteiger partial charge in [0.05, 0.1) is 5.01 Å². The van der Waals surface area contributed by atoms with Gasteiger partial charge in [0, 0.05) is 35.1 Å². The van der Waals surface area contributed by atoms with Crippen LogP contribution in [0.25, 0.3) is 0 Å². The summed E-state index contributed by atoms with van der Waals surface area (Å²) in [5, 5.41) is 7.57. The van der Waals surface area contributed by atoms with Crippen molar-refractivity contribution in [3.8, 4) is 0 Å². The zero-order chi connectivity index (χ0) is 13.0. The lowest BCUT2D eigenvalue weighted by Crippen LogP contribution is -2.21. The van der Waals surface area contributed by atoms with Crippen LogP contribution in [-0.4, -0.2) is 11.5 Å². The number of nitrogens with zero attached hydrogens (tertiary/aromatic N) is 1. The van der Waals surface area contributed by atoms with Crippen molar-refractivity contribution in [2.45, 2.75) is 26.3 Å². The van der Waals surface area contributed by atoms with Gasteiger partial charge in [-0.05, 0) is 31.5 Å². The lowest BCUT2D eigenvalue weighted by Gasteiger charge is -2.13. The van der Waals surface area contributed by atoms with Gasteiger partial charge in [-0.3, -0.25) is 0 Å². The lowest BCUT2D eigenvalue weighted by atomic mass is 10.1. The number of thiazole rings is 1. The molecule has 0 aliphatic heterocycles. The molecule has 18 heavy (non-hydrogen) atoms. The molecule has 0 spiro atoms. The van der Waals surface area contributed by atoms with E-state index in [2.05, 4.69) is 34.7 Å². The summed E-state index contributed by atoms with van der Waals surface area (Å²) in [6, 6.07) is 8.32. The molecule has 1 atom stereocenters. The number of hydrogen-bond donors (Lipinski definition) is 1. The molecule has 0 saturated heterocycles. The number of rotatable bonds is 5. The van der Waals surface area contributed by atoms with Crippen LogP contribution >= 0.6 is 22.9 Å². The molecular formula is C14H17ClN2S. The van der Waals surface area contributed by atoms with E-state index in [4.69, 9.17) is 11.6 Å². The Morgan fingerprint density at radius 2 is 2.06 bits per heavy atom. The maximum Gasteiger partial charge on any atom is 0.0940 e. The highest BCUT2D eigenvalue weighted by Gasteiger charge is 2.05. The molecule has 2 aromatic rings. The van der Waals surface area contributed by atoms with Gasteiger partial charge in [0.1, 0.15) is 0 Å². The highest BCUT2D eigenvalue weighted by atomic mass is 35.5. The van der Waals surface area contributed by atoms with Gasteiger partial charge in [0.15, 0.2) is 0 Å². The summed E-state index contributed by atoms with van der Waals surface area (Å²) in [5.74, 6) is 0. The second-order valence-electron chi connectivity index (χ2n) is 4.36. The highest BCUT2D eigenvalue weighted by Crippen LogP contribution is 2.16. The summed E-state index contributed by atoms with van der Waals surface area (Å²) in [7, 11) is 0. The van der Waals surface area contributed by atoms with Crippen LogP contribution in [0, 0.1) is 6.92 Å². The zero-order valence-corrected chi connectivity index (χ0v) is 12.2. The number of hydrogen-bond acceptors (Lipinski definition) is 3. The van der Waals surface area contributed by atoms with Crippen molar-refractivity contribution in [2.75, 3.05) is 6.54 Å². The van der Waals surface area contributed by atoms with Gasteiger partial charge in [0.2, 0.25) is 0 Å². The summed E-state index contributed by atoms with van der Waals surface area (Å²) in [6.45, 7) is 5.14. The van der Waals surface area contributed by atoms with Gasteiger partial charge in [-0.1, -0.05) is 23.7 Å². The molecule has 0 radical (unpaired) electrons. The van der Waals surface area contributed by atoms with E-state index in [1.807, 2.05) is 19.1 Å². The Morgan fingerprint density at radius 3 is 2.67 bits per heavy atom. The van der Waals surface area contributed by atoms with Gasteiger partial charge in [-0.2, -0.15) is 0 Å². The van der Waals surface area contributed by atoms with Gasteiger partial charge >= 0.3 is 0 Å². The van der Waals surface area contributed by atoms with Crippen molar-refractivity contribution in [3.05, 3.63) is 50.9 Å². The number of halogens is 1. The molecule has 0 bridgehead atoms. The van der Waals surface area contributed by atoms with Crippen LogP contribution < -0.4 is 5.32 Å². The summed E-state index contributed by atoms with van der Waals surface area (Å²) >= 11 is 7.61. The fraction of sp³-hybridized carbons (Fsp3) is 0.357. The molecule has 2 nitrogen and oxygen atoms in total. The van der Waals surface area contributed by atoms with E-state index in [0.29, 0.717) is 6.04 Å². The molecule has 4 heteroatoms. The van der Waals surface area contributed by atoms with Gasteiger partial charge in [-0.25, -0.2) is 4.98 Å². The second kappa shape index (κ2) is 6.32. The maximum absolute atomic E-state index is 5.88. The molecule has 2 rings (SSSR count). The van der Waals surface area contributed by atoms with Crippen molar-refractivity contribution in [2.24, 2.45) is 0 Å². The molecule has 96 valence electrons. The van der Waals surface area contributed by atoms with Crippen molar-refractivity contribution in [3.63, 3.8) is 0 Å². The van der Waals surface area contributed by atoms with Crippen LogP contribution in [0.2, 0.25) is 5.02 Å². The third-order valence-corrected chi connectivity index (χ3v) is 4.10. The van der Waals surface area contributed by atoms with E-state index in [-0.39, 0.29) is 0 Å². The fourth-order valence-electron chi connectivity index (χ4n) is 1.78. The average Bonchev–Trinajstić information content (AvgIpc) is 2.76. The van der Waals surface area contributed by atoms with Gasteiger partial charge < -0.3 is 5.32 Å². The first-order valence-electron chi connectivity index (χ1n) is 6.05. The summed E-state index contributed by atoms with van der Waals surface area (Å²) in [4.78, 5) is 4.45. The topological polar surface area (TPSA) is 24.9 Å². The first kappa shape index (κ1) is 13.5. The molecule has 1 unspecified atom stereocenters. The summed E-state index contributed by atoms with van der Waals surface area (Å²) in [6.07, 6.45) is 0.983. The molecule has 0 aliphatic carbocycles. The lowest BCUT2D eigenvalue weighted by molar-refractivity contribution is 0.576. The first-order valence-corrected chi connectivity index (χ1v) is 7.31. The Bertz CT molecular complexity index is 493. The molecule has 0 aliphatic rings. The average molecular weight is 281 g/mol. The second-order valence-corrected chi connectivity index (χ2v) is 5.74. The first-order chi connectivity index (χ1) is 8.65. The maximum atomic E-state index is 5.88. The number of nitrogens with one attached hydrogen (secondary N) is 1. The fourth-order valence-corrected chi connectivity index (χ4v) is 2.68. The molecule has 1 aromatic carbocycles. The van der Waals surface area contributed by atoms with Crippen molar-refractivity contribution in [1.82, 2.24) is 10.3 Å². The molecule has 1 N–H and O–H groups in total. The van der Waals surface area contributed by atoms with E-state index in [1.54, 1.807) is 11.3 Å². The molecule has 0 amide bonds. The van der Waals surface area contributed by atoms with E-state index in [0.717, 1.165) is 23.7 Å². The van der Waals surface area contributed by atoms with Crippen LogP contribution in [0.1, 0.15) is 29.2 Å². The van der Waals surface area contributed by atoms with Crippen molar-refractivity contribution in [1.29, 1.82) is 0 Å². The monoisotopic (exact) mass is 280 g/mol. The number of aryl methyl sites for hydroxylation is 1. The number of aromatic nitrogens is 1. The van der Waals surface area contributed by atoms with E-state index in [9.17, 15) is 0 Å². The third kappa shape index (κ3) is 3.80. The van der Waals surface area contributed by atoms with Crippen LogP contribution in [0.4, 0.5) is 0 Å². The minimum Gasteiger partial charge on any atom is -0.310 e. The number of benzene rings is 1. The van der Waals surface area contributed by atoms with Gasteiger partial charge in [-0.15, -0.1) is 11.3 Å². The highest BCUT2D eigenvalue weighted by molar-refractivity contribution is 7.09. The largest absolute Gasteiger partial charge is 0.310 e. The van der Waals surface area contributed by atoms with Crippen LogP contribution in [0.5, 0.6) is 0 Å². The van der Waals surface area contributed by atoms with Crippen LogP contribution in [-0.2, 0) is 6.42 Å². The quantitative estimate of drug-likeness (QED) is 0.895. The Kier molecular flexibility index (Phi) is 4.75. The Morgan fingerprint density at radius 1 is 1.33 bits per heavy atom. The molecule has 0 fully saturated rings. The SMILES string of the molecule is Cc1csc(CCNC(C)c2ccc(Cl)cc2)n1. The van der Waals surface area contributed by atoms with Crippen molar-refractivity contribution < 1.29 is 0 Å². The normalized spacial score (nSPS) is 12.6. The molecule has 1 aromatic heterocycles. The molecule has 0 saturated carbocycles. The predicted octanol–water partition coefficient (Wildman–Crippen LogP) is 4.00. The molecular weight excluding hydrogens is 264 g/mol. The predicted molar refractivity (Wildman–Crippen MR) is 78.4 cm³/mol. The molecule has 1 heterocycles. The van der Waals surface area contributed by atoms with Crippen molar-refractivity contribution >= 4 is 22.9 Å². The van der Waals surface area contributed by atoms with E-state index < -0.39 is 0 Å². The Hall–Kier alpha value is -0.900. The minimum absolute atomic E-state index is 0.336. The Balaban J connectivity index is 1.81. The minimum atomic E-state index is 0.336. The third-order valence-electron chi connectivity index (χ3n) is 2.83. The summed E-state index contributed by atoms with van der Waals surface area (Å²) in [5.41, 5.74) is 2.37. The zero-order valence-electron chi connectivity index (χ0n) is 10.6.